The number of aromatic carboxylic acids is 1. The summed E-state index contributed by atoms with van der Waals surface area (Å²) < 4.78 is 5.07. The van der Waals surface area contributed by atoms with E-state index in [0.29, 0.717) is 0 Å². The zero-order valence-corrected chi connectivity index (χ0v) is 12.1. The maximum atomic E-state index is 12.5. The zero-order chi connectivity index (χ0) is 17.3. The third-order valence-electron chi connectivity index (χ3n) is 3.30. The lowest BCUT2D eigenvalue weighted by atomic mass is 10.1. The number of hydrogen-bond donors (Lipinski definition) is 2. The van der Waals surface area contributed by atoms with Gasteiger partial charge in [-0.3, -0.25) is 14.9 Å². The van der Waals surface area contributed by atoms with E-state index in [0.717, 1.165) is 4.90 Å². The maximum Gasteiger partial charge on any atom is 0.335 e. The first kappa shape index (κ1) is 15.2. The van der Waals surface area contributed by atoms with E-state index in [1.54, 1.807) is 12.1 Å². The van der Waals surface area contributed by atoms with Gasteiger partial charge in [0.25, 0.3) is 11.8 Å². The normalized spacial score (nSPS) is 16.4. The summed E-state index contributed by atoms with van der Waals surface area (Å²) in [6.45, 7) is 0. The Morgan fingerprint density at radius 3 is 2.42 bits per heavy atom. The second kappa shape index (κ2) is 5.84. The van der Waals surface area contributed by atoms with Crippen molar-refractivity contribution in [1.29, 1.82) is 0 Å². The Bertz CT molecular complexity index is 864. The van der Waals surface area contributed by atoms with Gasteiger partial charge in [0.1, 0.15) is 11.3 Å². The van der Waals surface area contributed by atoms with Crippen LogP contribution in [-0.4, -0.2) is 28.9 Å². The number of furan rings is 1. The van der Waals surface area contributed by atoms with E-state index in [1.807, 2.05) is 0 Å². The average Bonchev–Trinajstić information content (AvgIpc) is 3.05. The fraction of sp³-hybridized carbons (Fsp3) is 0. The standard InChI is InChI=1S/C16H10N2O6/c19-13-12(8-11-2-1-7-24-11)14(20)18(16(23)17-13)10-5-3-9(4-6-10)15(21)22/h1-8H,(H,21,22)(H,17,19,23). The fourth-order valence-corrected chi connectivity index (χ4v) is 2.16. The van der Waals surface area contributed by atoms with Gasteiger partial charge in [0.2, 0.25) is 0 Å². The average molecular weight is 326 g/mol. The number of nitrogens with one attached hydrogen (secondary N) is 1. The highest BCUT2D eigenvalue weighted by atomic mass is 16.4. The van der Waals surface area contributed by atoms with Gasteiger partial charge in [0.15, 0.2) is 0 Å². The van der Waals surface area contributed by atoms with Crippen LogP contribution < -0.4 is 10.2 Å². The van der Waals surface area contributed by atoms with Crippen LogP contribution in [0.3, 0.4) is 0 Å². The largest absolute Gasteiger partial charge is 0.478 e. The number of carbonyl (C=O) groups is 4. The summed E-state index contributed by atoms with van der Waals surface area (Å²) in [7, 11) is 0. The molecule has 4 amide bonds. The molecule has 2 N–H and O–H groups in total. The van der Waals surface area contributed by atoms with Crippen molar-refractivity contribution in [2.45, 2.75) is 0 Å². The van der Waals surface area contributed by atoms with Crippen molar-refractivity contribution in [2.75, 3.05) is 4.90 Å². The molecule has 1 aliphatic rings. The first-order valence-electron chi connectivity index (χ1n) is 6.75. The van der Waals surface area contributed by atoms with Crippen molar-refractivity contribution < 1.29 is 28.7 Å². The fourth-order valence-electron chi connectivity index (χ4n) is 2.16. The summed E-state index contributed by atoms with van der Waals surface area (Å²) in [6.07, 6.45) is 2.61. The highest BCUT2D eigenvalue weighted by molar-refractivity contribution is 6.39. The molecule has 0 atom stereocenters. The second-order valence-electron chi connectivity index (χ2n) is 4.83. The monoisotopic (exact) mass is 326 g/mol. The van der Waals surface area contributed by atoms with Gasteiger partial charge in [-0.25, -0.2) is 14.5 Å². The number of imide groups is 2. The number of hydrogen-bond acceptors (Lipinski definition) is 5. The van der Waals surface area contributed by atoms with Crippen LogP contribution in [0.15, 0.2) is 52.7 Å². The Labute approximate surface area is 135 Å². The van der Waals surface area contributed by atoms with Crippen molar-refractivity contribution >= 4 is 35.6 Å². The van der Waals surface area contributed by atoms with E-state index < -0.39 is 23.8 Å². The molecule has 1 fully saturated rings. The van der Waals surface area contributed by atoms with E-state index in [9.17, 15) is 19.2 Å². The Balaban J connectivity index is 1.98. The van der Waals surface area contributed by atoms with Crippen LogP contribution in [0.4, 0.5) is 10.5 Å². The summed E-state index contributed by atoms with van der Waals surface area (Å²) in [5, 5.41) is 10.9. The Hall–Kier alpha value is -3.68. The Morgan fingerprint density at radius 2 is 1.83 bits per heavy atom. The molecule has 1 aromatic carbocycles. The van der Waals surface area contributed by atoms with Crippen LogP contribution >= 0.6 is 0 Å². The van der Waals surface area contributed by atoms with Gasteiger partial charge in [0, 0.05) is 0 Å². The minimum atomic E-state index is -1.13. The number of carboxylic acids is 1. The molecule has 0 spiro atoms. The van der Waals surface area contributed by atoms with Crippen molar-refractivity contribution in [1.82, 2.24) is 5.32 Å². The lowest BCUT2D eigenvalue weighted by Crippen LogP contribution is -2.54. The van der Waals surface area contributed by atoms with Gasteiger partial charge in [-0.15, -0.1) is 0 Å². The van der Waals surface area contributed by atoms with Gasteiger partial charge in [-0.05, 0) is 42.5 Å². The quantitative estimate of drug-likeness (QED) is 0.654. The third-order valence-corrected chi connectivity index (χ3v) is 3.30. The molecule has 0 saturated carbocycles. The maximum absolute atomic E-state index is 12.5. The van der Waals surface area contributed by atoms with Crippen molar-refractivity contribution in [2.24, 2.45) is 0 Å². The molecular formula is C16H10N2O6. The van der Waals surface area contributed by atoms with Crippen LogP contribution in [-0.2, 0) is 9.59 Å². The Morgan fingerprint density at radius 1 is 1.12 bits per heavy atom. The number of barbiturate groups is 1. The highest BCUT2D eigenvalue weighted by Crippen LogP contribution is 2.22. The van der Waals surface area contributed by atoms with Crippen molar-refractivity contribution in [3.63, 3.8) is 0 Å². The van der Waals surface area contributed by atoms with E-state index in [4.69, 9.17) is 9.52 Å². The molecule has 3 rings (SSSR count). The molecule has 1 aliphatic heterocycles. The van der Waals surface area contributed by atoms with Gasteiger partial charge in [-0.1, -0.05) is 0 Å². The van der Waals surface area contributed by atoms with E-state index in [2.05, 4.69) is 5.32 Å². The molecule has 0 aliphatic carbocycles. The molecule has 2 heterocycles. The van der Waals surface area contributed by atoms with E-state index in [1.165, 1.54) is 36.6 Å². The van der Waals surface area contributed by atoms with Crippen LogP contribution in [0.1, 0.15) is 16.1 Å². The predicted octanol–water partition coefficient (Wildman–Crippen LogP) is 1.64. The van der Waals surface area contributed by atoms with Crippen molar-refractivity contribution in [3.8, 4) is 0 Å². The molecule has 120 valence electrons. The first-order valence-corrected chi connectivity index (χ1v) is 6.75. The van der Waals surface area contributed by atoms with Crippen LogP contribution in [0.25, 0.3) is 6.08 Å². The molecule has 1 saturated heterocycles. The van der Waals surface area contributed by atoms with E-state index in [-0.39, 0.29) is 22.6 Å². The molecule has 24 heavy (non-hydrogen) atoms. The third kappa shape index (κ3) is 2.68. The number of nitrogens with zero attached hydrogens (tertiary/aromatic N) is 1. The molecule has 0 bridgehead atoms. The van der Waals surface area contributed by atoms with Crippen LogP contribution in [0.5, 0.6) is 0 Å². The summed E-state index contributed by atoms with van der Waals surface area (Å²) in [4.78, 5) is 48.0. The highest BCUT2D eigenvalue weighted by Gasteiger charge is 2.37. The molecule has 0 radical (unpaired) electrons. The topological polar surface area (TPSA) is 117 Å². The molecule has 8 heteroatoms. The smallest absolute Gasteiger partial charge is 0.335 e. The van der Waals surface area contributed by atoms with Crippen LogP contribution in [0.2, 0.25) is 0 Å². The molecule has 1 aromatic heterocycles. The van der Waals surface area contributed by atoms with E-state index >= 15 is 0 Å². The summed E-state index contributed by atoms with van der Waals surface area (Å²) in [6, 6.07) is 7.35. The number of amides is 4. The van der Waals surface area contributed by atoms with Gasteiger partial charge >= 0.3 is 12.0 Å². The van der Waals surface area contributed by atoms with Gasteiger partial charge < -0.3 is 9.52 Å². The molecule has 2 aromatic rings. The molecule has 8 nitrogen and oxygen atoms in total. The number of urea groups is 1. The van der Waals surface area contributed by atoms with Gasteiger partial charge in [0.05, 0.1) is 17.5 Å². The number of benzene rings is 1. The number of carbonyl (C=O) groups excluding carboxylic acids is 3. The second-order valence-corrected chi connectivity index (χ2v) is 4.83. The lowest BCUT2D eigenvalue weighted by molar-refractivity contribution is -0.122. The number of rotatable bonds is 3. The minimum Gasteiger partial charge on any atom is -0.478 e. The summed E-state index contributed by atoms with van der Waals surface area (Å²) in [5.41, 5.74) is -0.127. The first-order chi connectivity index (χ1) is 11.5. The lowest BCUT2D eigenvalue weighted by Gasteiger charge is -2.26. The zero-order valence-electron chi connectivity index (χ0n) is 12.1. The SMILES string of the molecule is O=C1NC(=O)N(c2ccc(C(=O)O)cc2)C(=O)C1=Cc1ccco1. The summed E-state index contributed by atoms with van der Waals surface area (Å²) >= 11 is 0. The Kier molecular flexibility index (Phi) is 3.70. The van der Waals surface area contributed by atoms with Crippen LogP contribution in [0, 0.1) is 0 Å². The van der Waals surface area contributed by atoms with Crippen molar-refractivity contribution in [3.05, 3.63) is 59.6 Å². The van der Waals surface area contributed by atoms with Gasteiger partial charge in [-0.2, -0.15) is 0 Å². The number of carboxylic acid groups (broad SMARTS) is 1. The molecule has 0 unspecified atom stereocenters. The summed E-state index contributed by atoms with van der Waals surface area (Å²) in [5.74, 6) is -2.52. The number of anilines is 1. The predicted molar refractivity (Wildman–Crippen MR) is 81.1 cm³/mol. The molecular weight excluding hydrogens is 316 g/mol. The minimum absolute atomic E-state index is 0.00560.